The Kier molecular flexibility index (Phi) is 2.94. The van der Waals surface area contributed by atoms with Gasteiger partial charge in [0.25, 0.3) is 0 Å². The zero-order chi connectivity index (χ0) is 9.84. The maximum atomic E-state index is 10.7. The molecule has 5 nitrogen and oxygen atoms in total. The Bertz CT molecular complexity index is 314. The van der Waals surface area contributed by atoms with E-state index in [-0.39, 0.29) is 12.1 Å². The molecule has 0 fully saturated rings. The van der Waals surface area contributed by atoms with Crippen molar-refractivity contribution >= 4 is 5.97 Å². The van der Waals surface area contributed by atoms with E-state index in [4.69, 9.17) is 16.6 Å². The van der Waals surface area contributed by atoms with Crippen LogP contribution in [0.25, 0.3) is 0 Å². The maximum absolute atomic E-state index is 10.7. The summed E-state index contributed by atoms with van der Waals surface area (Å²) in [4.78, 5) is 14.6. The average Bonchev–Trinajstić information content (AvgIpc) is 2.16. The molecule has 0 spiro atoms. The molecule has 0 saturated carbocycles. The summed E-state index contributed by atoms with van der Waals surface area (Å²) in [5, 5.41) is 8.77. The minimum Gasteiger partial charge on any atom is -0.478 e. The molecule has 0 bridgehead atoms. The fourth-order valence-corrected chi connectivity index (χ4v) is 1.01. The van der Waals surface area contributed by atoms with E-state index < -0.39 is 12.0 Å². The number of pyridine rings is 1. The van der Waals surface area contributed by atoms with Crippen molar-refractivity contribution in [1.82, 2.24) is 4.98 Å². The molecule has 0 aliphatic heterocycles. The summed E-state index contributed by atoms with van der Waals surface area (Å²) < 4.78 is 0. The third-order valence-corrected chi connectivity index (χ3v) is 1.67. The van der Waals surface area contributed by atoms with Gasteiger partial charge in [0, 0.05) is 12.7 Å². The lowest BCUT2D eigenvalue weighted by Crippen LogP contribution is -2.24. The Morgan fingerprint density at radius 2 is 2.38 bits per heavy atom. The summed E-state index contributed by atoms with van der Waals surface area (Å²) >= 11 is 0. The molecule has 1 atom stereocenters. The SMILES string of the molecule is NCC(N)c1ncccc1C(=O)O. The van der Waals surface area contributed by atoms with Crippen molar-refractivity contribution in [3.8, 4) is 0 Å². The van der Waals surface area contributed by atoms with E-state index >= 15 is 0 Å². The summed E-state index contributed by atoms with van der Waals surface area (Å²) in [6, 6.07) is 2.49. The Labute approximate surface area is 75.4 Å². The normalized spacial score (nSPS) is 12.5. The van der Waals surface area contributed by atoms with E-state index in [1.807, 2.05) is 0 Å². The second-order valence-electron chi connectivity index (χ2n) is 2.58. The molecule has 1 aromatic rings. The van der Waals surface area contributed by atoms with Gasteiger partial charge in [-0.25, -0.2) is 4.79 Å². The van der Waals surface area contributed by atoms with Crippen LogP contribution in [0.15, 0.2) is 18.3 Å². The summed E-state index contributed by atoms with van der Waals surface area (Å²) in [5.74, 6) is -1.04. The third-order valence-electron chi connectivity index (χ3n) is 1.67. The first-order valence-electron chi connectivity index (χ1n) is 3.80. The fraction of sp³-hybridized carbons (Fsp3) is 0.250. The molecule has 13 heavy (non-hydrogen) atoms. The van der Waals surface area contributed by atoms with Crippen LogP contribution in [0.1, 0.15) is 22.1 Å². The number of nitrogens with zero attached hydrogens (tertiary/aromatic N) is 1. The standard InChI is InChI=1S/C8H11N3O2/c9-4-6(10)7-5(8(12)13)2-1-3-11-7/h1-3,6H,4,9-10H2,(H,12,13). The van der Waals surface area contributed by atoms with Gasteiger partial charge in [-0.15, -0.1) is 0 Å². The molecule has 1 rings (SSSR count). The van der Waals surface area contributed by atoms with Crippen molar-refractivity contribution < 1.29 is 9.90 Å². The summed E-state index contributed by atoms with van der Waals surface area (Å²) in [6.07, 6.45) is 1.50. The average molecular weight is 181 g/mol. The predicted molar refractivity (Wildman–Crippen MR) is 47.2 cm³/mol. The number of carbonyl (C=O) groups is 1. The fourth-order valence-electron chi connectivity index (χ4n) is 1.01. The van der Waals surface area contributed by atoms with E-state index in [2.05, 4.69) is 4.98 Å². The van der Waals surface area contributed by atoms with Crippen molar-refractivity contribution in [2.75, 3.05) is 6.54 Å². The number of hydrogen-bond donors (Lipinski definition) is 3. The minimum absolute atomic E-state index is 0.112. The molecule has 1 unspecified atom stereocenters. The van der Waals surface area contributed by atoms with Crippen LogP contribution in [0.3, 0.4) is 0 Å². The van der Waals surface area contributed by atoms with Gasteiger partial charge in [-0.1, -0.05) is 0 Å². The van der Waals surface area contributed by atoms with Gasteiger partial charge in [0.05, 0.1) is 17.3 Å². The molecule has 0 amide bonds. The molecule has 0 radical (unpaired) electrons. The minimum atomic E-state index is -1.04. The number of carboxylic acid groups (broad SMARTS) is 1. The van der Waals surface area contributed by atoms with Crippen LogP contribution in [0.2, 0.25) is 0 Å². The summed E-state index contributed by atoms with van der Waals surface area (Å²) in [6.45, 7) is 0.178. The monoisotopic (exact) mass is 181 g/mol. The molecule has 1 aromatic heterocycles. The zero-order valence-corrected chi connectivity index (χ0v) is 6.97. The second kappa shape index (κ2) is 3.97. The van der Waals surface area contributed by atoms with E-state index in [0.717, 1.165) is 0 Å². The number of nitrogens with two attached hydrogens (primary N) is 2. The van der Waals surface area contributed by atoms with Gasteiger partial charge in [-0.2, -0.15) is 0 Å². The Balaban J connectivity index is 3.11. The predicted octanol–water partition coefficient (Wildman–Crippen LogP) is -0.262. The van der Waals surface area contributed by atoms with Gasteiger partial charge in [0.15, 0.2) is 0 Å². The van der Waals surface area contributed by atoms with Crippen LogP contribution in [0, 0.1) is 0 Å². The topological polar surface area (TPSA) is 102 Å². The van der Waals surface area contributed by atoms with Crippen LogP contribution >= 0.6 is 0 Å². The summed E-state index contributed by atoms with van der Waals surface area (Å²) in [7, 11) is 0. The van der Waals surface area contributed by atoms with E-state index in [0.29, 0.717) is 5.69 Å². The number of aromatic carboxylic acids is 1. The van der Waals surface area contributed by atoms with Crippen molar-refractivity contribution in [3.05, 3.63) is 29.6 Å². The lowest BCUT2D eigenvalue weighted by atomic mass is 10.1. The van der Waals surface area contributed by atoms with E-state index in [1.165, 1.54) is 12.3 Å². The molecule has 0 aliphatic carbocycles. The van der Waals surface area contributed by atoms with Crippen LogP contribution in [0.4, 0.5) is 0 Å². The first kappa shape index (κ1) is 9.63. The van der Waals surface area contributed by atoms with Gasteiger partial charge in [-0.3, -0.25) is 4.98 Å². The van der Waals surface area contributed by atoms with Crippen LogP contribution in [0.5, 0.6) is 0 Å². The van der Waals surface area contributed by atoms with Gasteiger partial charge >= 0.3 is 5.97 Å². The maximum Gasteiger partial charge on any atom is 0.337 e. The first-order valence-corrected chi connectivity index (χ1v) is 3.80. The van der Waals surface area contributed by atoms with Crippen molar-refractivity contribution in [3.63, 3.8) is 0 Å². The number of aromatic nitrogens is 1. The van der Waals surface area contributed by atoms with Gasteiger partial charge in [0.1, 0.15) is 0 Å². The highest BCUT2D eigenvalue weighted by molar-refractivity contribution is 5.88. The molecule has 0 saturated heterocycles. The number of rotatable bonds is 3. The largest absolute Gasteiger partial charge is 0.478 e. The molecular formula is C8H11N3O2. The van der Waals surface area contributed by atoms with Crippen molar-refractivity contribution in [2.45, 2.75) is 6.04 Å². The van der Waals surface area contributed by atoms with E-state index in [1.54, 1.807) is 6.07 Å². The number of hydrogen-bond acceptors (Lipinski definition) is 4. The molecule has 70 valence electrons. The molecule has 5 heteroatoms. The lowest BCUT2D eigenvalue weighted by Gasteiger charge is -2.09. The highest BCUT2D eigenvalue weighted by Crippen LogP contribution is 2.11. The molecule has 0 aliphatic rings. The molecule has 5 N–H and O–H groups in total. The van der Waals surface area contributed by atoms with Crippen molar-refractivity contribution in [1.29, 1.82) is 0 Å². The highest BCUT2D eigenvalue weighted by atomic mass is 16.4. The Morgan fingerprint density at radius 1 is 1.69 bits per heavy atom. The van der Waals surface area contributed by atoms with Gasteiger partial charge < -0.3 is 16.6 Å². The molecular weight excluding hydrogens is 170 g/mol. The lowest BCUT2D eigenvalue weighted by molar-refractivity contribution is 0.0694. The first-order chi connectivity index (χ1) is 6.16. The van der Waals surface area contributed by atoms with Gasteiger partial charge in [0.2, 0.25) is 0 Å². The second-order valence-corrected chi connectivity index (χ2v) is 2.58. The molecule has 0 aromatic carbocycles. The molecule has 1 heterocycles. The Hall–Kier alpha value is -1.46. The van der Waals surface area contributed by atoms with E-state index in [9.17, 15) is 4.79 Å². The van der Waals surface area contributed by atoms with Crippen LogP contribution in [-0.4, -0.2) is 22.6 Å². The zero-order valence-electron chi connectivity index (χ0n) is 6.97. The van der Waals surface area contributed by atoms with Crippen LogP contribution < -0.4 is 11.5 Å². The Morgan fingerprint density at radius 3 is 2.92 bits per heavy atom. The van der Waals surface area contributed by atoms with Crippen molar-refractivity contribution in [2.24, 2.45) is 11.5 Å². The smallest absolute Gasteiger partial charge is 0.337 e. The quantitative estimate of drug-likeness (QED) is 0.596. The van der Waals surface area contributed by atoms with Gasteiger partial charge in [-0.05, 0) is 12.1 Å². The summed E-state index contributed by atoms with van der Waals surface area (Å²) in [5.41, 5.74) is 11.3. The van der Waals surface area contributed by atoms with Crippen LogP contribution in [-0.2, 0) is 0 Å². The highest BCUT2D eigenvalue weighted by Gasteiger charge is 2.15. The number of carboxylic acids is 1. The third kappa shape index (κ3) is 2.01.